The van der Waals surface area contributed by atoms with Crippen LogP contribution >= 0.6 is 24.8 Å². The summed E-state index contributed by atoms with van der Waals surface area (Å²) in [7, 11) is 0. The number of halogens is 4. The van der Waals surface area contributed by atoms with Crippen molar-refractivity contribution in [2.75, 3.05) is 13.2 Å². The van der Waals surface area contributed by atoms with Gasteiger partial charge in [0.25, 0.3) is 6.43 Å². The van der Waals surface area contributed by atoms with Crippen LogP contribution in [0.15, 0.2) is 0 Å². The topological polar surface area (TPSA) is 78.3 Å². The summed E-state index contributed by atoms with van der Waals surface area (Å²) in [4.78, 5) is 11.1. The molecule has 0 unspecified atom stereocenters. The fourth-order valence-corrected chi connectivity index (χ4v) is 0.960. The monoisotopic (exact) mass is 282 g/mol. The van der Waals surface area contributed by atoms with Crippen LogP contribution in [0, 0.1) is 0 Å². The third-order valence-electron chi connectivity index (χ3n) is 1.84. The Bertz CT molecular complexity index is 199. The lowest BCUT2D eigenvalue weighted by molar-refractivity contribution is -0.156. The van der Waals surface area contributed by atoms with Crippen LogP contribution in [0.3, 0.4) is 0 Å². The van der Waals surface area contributed by atoms with Crippen LogP contribution in [-0.4, -0.2) is 31.1 Å². The van der Waals surface area contributed by atoms with Gasteiger partial charge in [0.2, 0.25) is 0 Å². The van der Waals surface area contributed by atoms with Crippen LogP contribution in [-0.2, 0) is 9.53 Å². The van der Waals surface area contributed by atoms with Gasteiger partial charge >= 0.3 is 5.97 Å². The minimum Gasteiger partial charge on any atom is -0.464 e. The molecule has 0 amide bonds. The lowest BCUT2D eigenvalue weighted by Gasteiger charge is -2.25. The number of esters is 1. The van der Waals surface area contributed by atoms with Gasteiger partial charge in [-0.3, -0.25) is 0 Å². The van der Waals surface area contributed by atoms with Crippen molar-refractivity contribution in [3.05, 3.63) is 0 Å². The second-order valence-corrected chi connectivity index (χ2v) is 2.95. The standard InChI is InChI=1S/C8H16F2N2O2.2ClH/c1-2-14-7(13)8(12,6(9)10)4-3-5-11;;/h6H,2-5,11-12H2,1H3;2*1H/t8-;;/m1../s1. The molecule has 0 saturated carbocycles. The minimum atomic E-state index is -2.94. The summed E-state index contributed by atoms with van der Waals surface area (Å²) in [5.74, 6) is -1.07. The Balaban J connectivity index is -0.000000845. The molecule has 0 bridgehead atoms. The van der Waals surface area contributed by atoms with E-state index in [0.717, 1.165) is 0 Å². The first kappa shape index (κ1) is 21.1. The first-order valence-corrected chi connectivity index (χ1v) is 4.43. The van der Waals surface area contributed by atoms with E-state index in [-0.39, 0.29) is 50.8 Å². The molecule has 100 valence electrons. The Hall–Kier alpha value is -0.170. The van der Waals surface area contributed by atoms with Gasteiger partial charge in [0.1, 0.15) is 0 Å². The highest BCUT2D eigenvalue weighted by atomic mass is 35.5. The van der Waals surface area contributed by atoms with Crippen molar-refractivity contribution < 1.29 is 18.3 Å². The predicted molar refractivity (Wildman–Crippen MR) is 62.3 cm³/mol. The Morgan fingerprint density at radius 1 is 1.44 bits per heavy atom. The average Bonchev–Trinajstić information content (AvgIpc) is 2.14. The van der Waals surface area contributed by atoms with Gasteiger partial charge < -0.3 is 16.2 Å². The largest absolute Gasteiger partial charge is 0.464 e. The molecular formula is C8H18Cl2F2N2O2. The van der Waals surface area contributed by atoms with Gasteiger partial charge in [0.15, 0.2) is 5.54 Å². The van der Waals surface area contributed by atoms with E-state index in [1.807, 2.05) is 0 Å². The van der Waals surface area contributed by atoms with E-state index in [2.05, 4.69) is 4.74 Å². The van der Waals surface area contributed by atoms with Gasteiger partial charge in [-0.25, -0.2) is 13.6 Å². The van der Waals surface area contributed by atoms with E-state index in [1.54, 1.807) is 0 Å². The molecule has 0 aliphatic rings. The smallest absolute Gasteiger partial charge is 0.332 e. The summed E-state index contributed by atoms with van der Waals surface area (Å²) in [6.45, 7) is 1.78. The summed E-state index contributed by atoms with van der Waals surface area (Å²) >= 11 is 0. The lowest BCUT2D eigenvalue weighted by Crippen LogP contribution is -2.55. The molecule has 4 N–H and O–H groups in total. The summed E-state index contributed by atoms with van der Waals surface area (Å²) in [6.07, 6.45) is -2.84. The zero-order valence-electron chi connectivity index (χ0n) is 8.95. The van der Waals surface area contributed by atoms with E-state index >= 15 is 0 Å². The number of hydrogen-bond acceptors (Lipinski definition) is 4. The number of nitrogens with two attached hydrogens (primary N) is 2. The van der Waals surface area contributed by atoms with Crippen LogP contribution in [0.25, 0.3) is 0 Å². The molecule has 0 rings (SSSR count). The van der Waals surface area contributed by atoms with Gasteiger partial charge in [-0.15, -0.1) is 24.8 Å². The van der Waals surface area contributed by atoms with Crippen molar-refractivity contribution in [2.24, 2.45) is 11.5 Å². The van der Waals surface area contributed by atoms with Crippen LogP contribution in [0.4, 0.5) is 8.78 Å². The first-order valence-electron chi connectivity index (χ1n) is 4.43. The quantitative estimate of drug-likeness (QED) is 0.715. The molecule has 0 saturated heterocycles. The third-order valence-corrected chi connectivity index (χ3v) is 1.84. The molecule has 0 spiro atoms. The number of alkyl halides is 2. The molecule has 16 heavy (non-hydrogen) atoms. The van der Waals surface area contributed by atoms with Crippen LogP contribution in [0.2, 0.25) is 0 Å². The van der Waals surface area contributed by atoms with Gasteiger partial charge in [-0.1, -0.05) is 0 Å². The van der Waals surface area contributed by atoms with Gasteiger partial charge in [-0.05, 0) is 26.3 Å². The normalized spacial score (nSPS) is 13.4. The van der Waals surface area contributed by atoms with Gasteiger partial charge in [0.05, 0.1) is 6.61 Å². The summed E-state index contributed by atoms with van der Waals surface area (Å²) in [5.41, 5.74) is 8.22. The fourth-order valence-electron chi connectivity index (χ4n) is 0.960. The number of rotatable bonds is 6. The third kappa shape index (κ3) is 5.79. The maximum Gasteiger partial charge on any atom is 0.332 e. The molecule has 0 aromatic rings. The Kier molecular flexibility index (Phi) is 13.2. The maximum atomic E-state index is 12.5. The molecule has 0 fully saturated rings. The predicted octanol–water partition coefficient (Wildman–Crippen LogP) is 1.09. The highest BCUT2D eigenvalue weighted by Crippen LogP contribution is 2.20. The lowest BCUT2D eigenvalue weighted by atomic mass is 9.95. The van der Waals surface area contributed by atoms with Gasteiger partial charge in [0, 0.05) is 0 Å². The molecule has 0 aliphatic carbocycles. The van der Waals surface area contributed by atoms with Crippen LogP contribution in [0.5, 0.6) is 0 Å². The van der Waals surface area contributed by atoms with E-state index in [9.17, 15) is 13.6 Å². The highest BCUT2D eigenvalue weighted by molar-refractivity contribution is 5.85. The van der Waals surface area contributed by atoms with E-state index in [1.165, 1.54) is 6.92 Å². The number of hydrogen-bond donors (Lipinski definition) is 2. The highest BCUT2D eigenvalue weighted by Gasteiger charge is 2.44. The Morgan fingerprint density at radius 3 is 2.25 bits per heavy atom. The van der Waals surface area contributed by atoms with E-state index in [4.69, 9.17) is 11.5 Å². The van der Waals surface area contributed by atoms with Gasteiger partial charge in [-0.2, -0.15) is 0 Å². The first-order chi connectivity index (χ1) is 6.49. The second-order valence-electron chi connectivity index (χ2n) is 2.95. The zero-order valence-corrected chi connectivity index (χ0v) is 10.6. The number of ether oxygens (including phenoxy) is 1. The molecular weight excluding hydrogens is 265 g/mol. The zero-order chi connectivity index (χ0) is 11.2. The minimum absolute atomic E-state index is 0. The average molecular weight is 283 g/mol. The molecule has 0 aliphatic heterocycles. The molecule has 0 radical (unpaired) electrons. The Morgan fingerprint density at radius 2 is 1.94 bits per heavy atom. The van der Waals surface area contributed by atoms with Crippen molar-refractivity contribution in [3.8, 4) is 0 Å². The van der Waals surface area contributed by atoms with Crippen LogP contribution in [0.1, 0.15) is 19.8 Å². The van der Waals surface area contributed by atoms with Crippen molar-refractivity contribution in [1.29, 1.82) is 0 Å². The molecule has 4 nitrogen and oxygen atoms in total. The molecule has 0 heterocycles. The number of carbonyl (C=O) groups is 1. The molecule has 0 aromatic heterocycles. The fraction of sp³-hybridized carbons (Fsp3) is 0.875. The Labute approximate surface area is 106 Å². The molecule has 0 aromatic carbocycles. The van der Waals surface area contributed by atoms with Crippen molar-refractivity contribution in [3.63, 3.8) is 0 Å². The summed E-state index contributed by atoms with van der Waals surface area (Å²) < 4.78 is 29.5. The molecule has 8 heteroatoms. The van der Waals surface area contributed by atoms with Crippen molar-refractivity contribution in [2.45, 2.75) is 31.7 Å². The van der Waals surface area contributed by atoms with Crippen molar-refractivity contribution in [1.82, 2.24) is 0 Å². The second kappa shape index (κ2) is 10.0. The number of carbonyl (C=O) groups excluding carboxylic acids is 1. The summed E-state index contributed by atoms with van der Waals surface area (Å²) in [6, 6.07) is 0. The van der Waals surface area contributed by atoms with E-state index in [0.29, 0.717) is 0 Å². The SMILES string of the molecule is CCOC(=O)[C@@](N)(CCCN)C(F)F.Cl.Cl. The molecule has 1 atom stereocenters. The van der Waals surface area contributed by atoms with E-state index < -0.39 is 17.9 Å². The van der Waals surface area contributed by atoms with Crippen molar-refractivity contribution >= 4 is 30.8 Å². The maximum absolute atomic E-state index is 12.5. The van der Waals surface area contributed by atoms with Crippen LogP contribution < -0.4 is 11.5 Å². The summed E-state index contributed by atoms with van der Waals surface area (Å²) in [5, 5.41) is 0.